The molecule has 514 valence electrons. The minimum atomic E-state index is -0.236. The average Bonchev–Trinajstić information content (AvgIpc) is 1.57. The van der Waals surface area contributed by atoms with Crippen molar-refractivity contribution in [3.05, 3.63) is 363 Å². The summed E-state index contributed by atoms with van der Waals surface area (Å²) < 4.78 is 23.4. The first kappa shape index (κ1) is 62.7. The zero-order valence-corrected chi connectivity index (χ0v) is 60.2. The van der Waals surface area contributed by atoms with Gasteiger partial charge in [-0.1, -0.05) is 251 Å². The molecule has 0 bridgehead atoms. The summed E-state index contributed by atoms with van der Waals surface area (Å²) in [6.45, 7) is 2.28. The molecule has 23 rings (SSSR count). The molecule has 109 heavy (non-hydrogen) atoms. The molecule has 21 aromatic rings. The topological polar surface area (TPSA) is 19.7 Å². The molecule has 0 atom stereocenters. The van der Waals surface area contributed by atoms with Gasteiger partial charge in [-0.05, 0) is 240 Å². The third-order valence-electron chi connectivity index (χ3n) is 23.7. The van der Waals surface area contributed by atoms with Gasteiger partial charge in [0.05, 0.1) is 49.8 Å². The zero-order valence-electron chi connectivity index (χ0n) is 60.2. The van der Waals surface area contributed by atoms with E-state index in [0.29, 0.717) is 0 Å². The molecule has 2 aliphatic carbocycles. The molecule has 2 aliphatic rings. The van der Waals surface area contributed by atoms with Crippen LogP contribution in [0.15, 0.2) is 352 Å². The van der Waals surface area contributed by atoms with Crippen molar-refractivity contribution in [2.24, 2.45) is 0 Å². The minimum Gasteiger partial charge on any atom is -0.309 e. The first-order chi connectivity index (χ1) is 54.0. The standard InChI is InChI=1S/C52H31FN2.C52H40N2/c53-35-21-23-36(24-22-35)54-48-17-5-3-13-41(48)46-30-32(19-27-50(46)54)33-20-28-51-47(31-33)42-14-4-6-18-49(42)55(51)37-10-7-9-34(29-37)38-25-26-45-40-12-2-1-11-39(40)44-16-8-15-43(38)52(44)45;1-2-3-4-5-13-34-22-26-37(27-23-34)53-47-20-10-8-16-40(47)45-32-35(24-29-50(45)53)36-25-30-51-46(33-36)41-17-9-11-21-48(41)54(51)49-31-28-43-39-15-7-6-14-38(39)42-18-12-19-44(49)52(42)43/h1-31H;6-12,14-33H,2-5,13H2,1H3. The number of aryl methyl sites for hydroxylation is 1. The summed E-state index contributed by atoms with van der Waals surface area (Å²) >= 11 is 0. The van der Waals surface area contributed by atoms with Crippen LogP contribution < -0.4 is 0 Å². The van der Waals surface area contributed by atoms with Gasteiger partial charge in [0.2, 0.25) is 0 Å². The van der Waals surface area contributed by atoms with Crippen molar-refractivity contribution in [1.82, 2.24) is 18.3 Å². The highest BCUT2D eigenvalue weighted by atomic mass is 19.1. The third-order valence-corrected chi connectivity index (χ3v) is 23.7. The number of hydrogen-bond acceptors (Lipinski definition) is 0. The number of fused-ring (bicyclic) bond motifs is 18. The molecule has 0 radical (unpaired) electrons. The SMILES string of the molecule is CCCCCCc1ccc(-n2c3ccccc3c3cc(-c4ccc5c(c4)c4ccccc4n5-c4ccc5c6c(cccc46)-c4ccccc4-5)ccc32)cc1.Fc1ccc(-n2c3ccccc3c3cc(-c4ccc5c(c4)c4ccccc4n5-c4cccc(-c5ccc6c7c(cccc57)-c5ccccc5-6)c4)ccc32)cc1. The van der Waals surface area contributed by atoms with E-state index in [1.807, 2.05) is 12.1 Å². The number of para-hydroxylation sites is 4. The summed E-state index contributed by atoms with van der Waals surface area (Å²) in [5, 5.41) is 15.2. The maximum absolute atomic E-state index is 13.9. The molecule has 0 saturated heterocycles. The smallest absolute Gasteiger partial charge is 0.123 e. The third kappa shape index (κ3) is 9.82. The van der Waals surface area contributed by atoms with Gasteiger partial charge in [0, 0.05) is 65.5 Å². The molecule has 0 aliphatic heterocycles. The highest BCUT2D eigenvalue weighted by molar-refractivity contribution is 6.22. The average molecular weight is 1400 g/mol. The van der Waals surface area contributed by atoms with Crippen LogP contribution in [-0.4, -0.2) is 18.3 Å². The molecule has 5 heteroatoms. The molecule has 0 N–H and O–H groups in total. The Kier molecular flexibility index (Phi) is 14.4. The van der Waals surface area contributed by atoms with Crippen LogP contribution in [0.1, 0.15) is 38.2 Å². The van der Waals surface area contributed by atoms with Crippen molar-refractivity contribution in [3.63, 3.8) is 0 Å². The van der Waals surface area contributed by atoms with E-state index < -0.39 is 0 Å². The van der Waals surface area contributed by atoms with Crippen molar-refractivity contribution in [2.75, 3.05) is 0 Å². The lowest BCUT2D eigenvalue weighted by Crippen LogP contribution is -1.96. The van der Waals surface area contributed by atoms with Crippen LogP contribution in [0.3, 0.4) is 0 Å². The predicted octanol–water partition coefficient (Wildman–Crippen LogP) is 28.6. The van der Waals surface area contributed by atoms with E-state index in [4.69, 9.17) is 0 Å². The Morgan fingerprint density at radius 3 is 1.06 bits per heavy atom. The fourth-order valence-corrected chi connectivity index (χ4v) is 18.7. The van der Waals surface area contributed by atoms with Crippen molar-refractivity contribution in [3.8, 4) is 101 Å². The number of aromatic nitrogens is 4. The van der Waals surface area contributed by atoms with Crippen LogP contribution in [0.25, 0.3) is 209 Å². The molecule has 0 fully saturated rings. The molecule has 4 nitrogen and oxygen atoms in total. The van der Waals surface area contributed by atoms with Gasteiger partial charge in [-0.3, -0.25) is 0 Å². The Balaban J connectivity index is 0.000000135. The summed E-state index contributed by atoms with van der Waals surface area (Å²) in [5.74, 6) is -0.236. The Morgan fingerprint density at radius 2 is 0.578 bits per heavy atom. The van der Waals surface area contributed by atoms with E-state index in [2.05, 4.69) is 353 Å². The van der Waals surface area contributed by atoms with E-state index in [1.54, 1.807) is 0 Å². The van der Waals surface area contributed by atoms with Gasteiger partial charge in [-0.2, -0.15) is 0 Å². The lowest BCUT2D eigenvalue weighted by Gasteiger charge is -2.13. The van der Waals surface area contributed by atoms with E-state index in [9.17, 15) is 4.39 Å². The largest absolute Gasteiger partial charge is 0.309 e. The van der Waals surface area contributed by atoms with Crippen LogP contribution in [0.4, 0.5) is 4.39 Å². The second-order valence-electron chi connectivity index (χ2n) is 29.7. The first-order valence-corrected chi connectivity index (χ1v) is 38.4. The van der Waals surface area contributed by atoms with Crippen molar-refractivity contribution in [1.29, 1.82) is 0 Å². The lowest BCUT2D eigenvalue weighted by molar-refractivity contribution is 0.627. The molecule has 0 unspecified atom stereocenters. The van der Waals surface area contributed by atoms with Crippen LogP contribution in [0, 0.1) is 5.82 Å². The Morgan fingerprint density at radius 1 is 0.220 bits per heavy atom. The monoisotopic (exact) mass is 1390 g/mol. The van der Waals surface area contributed by atoms with Gasteiger partial charge in [0.1, 0.15) is 5.82 Å². The van der Waals surface area contributed by atoms with E-state index >= 15 is 0 Å². The Hall–Kier alpha value is -13.6. The number of halogens is 1. The second-order valence-corrected chi connectivity index (χ2v) is 29.7. The summed E-state index contributed by atoms with van der Waals surface area (Å²) in [4.78, 5) is 0. The van der Waals surface area contributed by atoms with Crippen molar-refractivity contribution in [2.45, 2.75) is 39.0 Å². The molecule has 17 aromatic carbocycles. The van der Waals surface area contributed by atoms with Crippen LogP contribution in [0.2, 0.25) is 0 Å². The fraction of sp³-hybridized carbons (Fsp3) is 0.0577. The number of nitrogens with zero attached hydrogens (tertiary/aromatic N) is 4. The number of hydrogen-bond donors (Lipinski definition) is 0. The van der Waals surface area contributed by atoms with Gasteiger partial charge in [-0.15, -0.1) is 0 Å². The molecule has 0 saturated carbocycles. The summed E-state index contributed by atoms with van der Waals surface area (Å²) in [6, 6.07) is 128. The predicted molar refractivity (Wildman–Crippen MR) is 458 cm³/mol. The highest BCUT2D eigenvalue weighted by Crippen LogP contribution is 2.52. The van der Waals surface area contributed by atoms with E-state index in [-0.39, 0.29) is 5.82 Å². The summed E-state index contributed by atoms with van der Waals surface area (Å²) in [6.07, 6.45) is 6.32. The van der Waals surface area contributed by atoms with Gasteiger partial charge < -0.3 is 18.3 Å². The molecular weight excluding hydrogens is 1320 g/mol. The molecule has 4 aromatic heterocycles. The normalized spacial score (nSPS) is 12.1. The second kappa shape index (κ2) is 25.0. The summed E-state index contributed by atoms with van der Waals surface area (Å²) in [7, 11) is 0. The van der Waals surface area contributed by atoms with E-state index in [0.717, 1.165) is 34.4 Å². The maximum Gasteiger partial charge on any atom is 0.123 e. The Bertz CT molecular complexity index is 7280. The minimum absolute atomic E-state index is 0.236. The van der Waals surface area contributed by atoms with Crippen molar-refractivity contribution < 1.29 is 4.39 Å². The highest BCUT2D eigenvalue weighted by Gasteiger charge is 2.27. The lowest BCUT2D eigenvalue weighted by atomic mass is 9.94. The van der Waals surface area contributed by atoms with Gasteiger partial charge >= 0.3 is 0 Å². The van der Waals surface area contributed by atoms with Crippen molar-refractivity contribution >= 4 is 109 Å². The zero-order chi connectivity index (χ0) is 72.0. The number of rotatable bonds is 12. The van der Waals surface area contributed by atoms with Gasteiger partial charge in [-0.25, -0.2) is 4.39 Å². The van der Waals surface area contributed by atoms with Gasteiger partial charge in [0.15, 0.2) is 0 Å². The van der Waals surface area contributed by atoms with Gasteiger partial charge in [0.25, 0.3) is 0 Å². The number of unbranched alkanes of at least 4 members (excludes halogenated alkanes) is 3. The summed E-state index contributed by atoms with van der Waals surface area (Å²) in [5.41, 5.74) is 33.2. The molecule has 0 amide bonds. The first-order valence-electron chi connectivity index (χ1n) is 38.4. The van der Waals surface area contributed by atoms with E-state index in [1.165, 1.54) is 225 Å². The Labute approximate surface area is 630 Å². The quantitative estimate of drug-likeness (QED) is 0.109. The fourth-order valence-electron chi connectivity index (χ4n) is 18.7. The maximum atomic E-state index is 13.9. The number of benzene rings is 17. The molecule has 4 heterocycles. The van der Waals surface area contributed by atoms with Crippen LogP contribution in [0.5, 0.6) is 0 Å². The molecule has 0 spiro atoms. The van der Waals surface area contributed by atoms with Crippen LogP contribution >= 0.6 is 0 Å². The van der Waals surface area contributed by atoms with Crippen LogP contribution in [-0.2, 0) is 6.42 Å². The molecular formula is C104H71FN4.